The number of phenols is 2. The molecule has 2 aromatic carbocycles. The van der Waals surface area contributed by atoms with Gasteiger partial charge in [0.25, 0.3) is 11.8 Å². The van der Waals surface area contributed by atoms with Crippen molar-refractivity contribution < 1.29 is 30.2 Å². The molecule has 6 N–H and O–H groups in total. The number of amides is 2. The van der Waals surface area contributed by atoms with Crippen LogP contribution < -0.4 is 10.6 Å². The molecule has 0 fully saturated rings. The largest absolute Gasteiger partial charge is 0.508 e. The van der Waals surface area contributed by atoms with Crippen molar-refractivity contribution in [2.45, 2.75) is 12.8 Å². The zero-order valence-electron chi connectivity index (χ0n) is 18.2. The van der Waals surface area contributed by atoms with Crippen molar-refractivity contribution in [2.24, 2.45) is 10.3 Å². The van der Waals surface area contributed by atoms with Gasteiger partial charge in [0.05, 0.1) is 0 Å². The first-order valence-electron chi connectivity index (χ1n) is 10.2. The van der Waals surface area contributed by atoms with Gasteiger partial charge in [-0.15, -0.1) is 0 Å². The first-order valence-corrected chi connectivity index (χ1v) is 12.7. The van der Waals surface area contributed by atoms with Crippen molar-refractivity contribution in [3.05, 3.63) is 59.7 Å². The lowest BCUT2D eigenvalue weighted by atomic mass is 10.1. The van der Waals surface area contributed by atoms with Crippen molar-refractivity contribution in [3.63, 3.8) is 0 Å². The highest BCUT2D eigenvalue weighted by Crippen LogP contribution is 2.19. The molecule has 182 valence electrons. The van der Waals surface area contributed by atoms with Gasteiger partial charge in [-0.05, 0) is 35.4 Å². The summed E-state index contributed by atoms with van der Waals surface area (Å²) in [6, 6.07) is 12.5. The smallest absolute Gasteiger partial charge is 0.269 e. The van der Waals surface area contributed by atoms with Gasteiger partial charge >= 0.3 is 0 Å². The molecule has 10 nitrogen and oxygen atoms in total. The summed E-state index contributed by atoms with van der Waals surface area (Å²) in [6.45, 7) is 0.733. The molecule has 0 saturated heterocycles. The highest BCUT2D eigenvalue weighted by Gasteiger charge is 2.14. The van der Waals surface area contributed by atoms with Crippen LogP contribution in [0.1, 0.15) is 11.1 Å². The van der Waals surface area contributed by atoms with E-state index in [2.05, 4.69) is 20.9 Å². The lowest BCUT2D eigenvalue weighted by Crippen LogP contribution is -2.34. The minimum atomic E-state index is -0.474. The van der Waals surface area contributed by atoms with Crippen molar-refractivity contribution in [2.75, 3.05) is 24.6 Å². The number of oxime groups is 2. The highest BCUT2D eigenvalue weighted by molar-refractivity contribution is 8.76. The molecule has 0 aromatic heterocycles. The number of rotatable bonds is 13. The topological polar surface area (TPSA) is 164 Å². The summed E-state index contributed by atoms with van der Waals surface area (Å²) in [5, 5.41) is 48.3. The van der Waals surface area contributed by atoms with Gasteiger partial charge in [0, 0.05) is 37.4 Å². The summed E-state index contributed by atoms with van der Waals surface area (Å²) in [4.78, 5) is 24.3. The van der Waals surface area contributed by atoms with Crippen LogP contribution in [-0.4, -0.2) is 68.5 Å². The molecule has 0 aliphatic rings. The second-order valence-corrected chi connectivity index (χ2v) is 9.64. The molecule has 2 amide bonds. The zero-order valence-corrected chi connectivity index (χ0v) is 19.8. The van der Waals surface area contributed by atoms with Crippen LogP contribution in [0.5, 0.6) is 11.5 Å². The van der Waals surface area contributed by atoms with Crippen LogP contribution in [0.2, 0.25) is 0 Å². The number of benzene rings is 2. The molecule has 0 atom stereocenters. The molecule has 0 radical (unpaired) electrons. The quantitative estimate of drug-likeness (QED) is 0.0791. The number of nitrogens with zero attached hydrogens (tertiary/aromatic N) is 2. The standard InChI is InChI=1S/C22H26N4O6S2/c27-17-5-1-15(2-6-17)13-19(25-31)21(29)23-9-11-33-34-12-10-24-22(30)20(26-32)14-16-3-7-18(28)8-4-16/h1-8,27-28,31-32H,9-14H2,(H,23,29)(H,24,30)/b25-19+,26-20+. The maximum absolute atomic E-state index is 12.1. The van der Waals surface area contributed by atoms with Crippen LogP contribution in [-0.2, 0) is 22.4 Å². The fraction of sp³-hybridized carbons (Fsp3) is 0.273. The summed E-state index contributed by atoms with van der Waals surface area (Å²) >= 11 is 0. The van der Waals surface area contributed by atoms with Crippen LogP contribution in [0.4, 0.5) is 0 Å². The molecule has 0 saturated carbocycles. The summed E-state index contributed by atoms with van der Waals surface area (Å²) < 4.78 is 0. The average Bonchev–Trinajstić information content (AvgIpc) is 2.84. The zero-order chi connectivity index (χ0) is 24.8. The minimum Gasteiger partial charge on any atom is -0.508 e. The first kappa shape index (κ1) is 26.9. The third-order valence-corrected chi connectivity index (χ3v) is 6.81. The molecule has 2 rings (SSSR count). The summed E-state index contributed by atoms with van der Waals surface area (Å²) in [6.07, 6.45) is 0.270. The van der Waals surface area contributed by atoms with Crippen molar-refractivity contribution >= 4 is 44.8 Å². The number of phenolic OH excluding ortho intramolecular Hbond substituents is 2. The van der Waals surface area contributed by atoms with Gasteiger partial charge in [0.15, 0.2) is 0 Å². The molecular formula is C22H26N4O6S2. The van der Waals surface area contributed by atoms with E-state index in [9.17, 15) is 19.8 Å². The Balaban J connectivity index is 1.58. The lowest BCUT2D eigenvalue weighted by Gasteiger charge is -2.08. The predicted molar refractivity (Wildman–Crippen MR) is 133 cm³/mol. The number of carbonyl (C=O) groups excluding carboxylic acids is 2. The molecule has 0 spiro atoms. The molecule has 0 unspecified atom stereocenters. The molecule has 2 aromatic rings. The van der Waals surface area contributed by atoms with Crippen molar-refractivity contribution in [1.82, 2.24) is 10.6 Å². The SMILES string of the molecule is O=C(NCCSSCCNC(=O)/C(Cc1ccc(O)cc1)=N/O)/C(Cc1ccc(O)cc1)=N/O. The van der Waals surface area contributed by atoms with Gasteiger partial charge in [-0.25, -0.2) is 0 Å². The van der Waals surface area contributed by atoms with E-state index in [0.29, 0.717) is 24.6 Å². The minimum absolute atomic E-state index is 0.0280. The Hall–Kier alpha value is -3.38. The fourth-order valence-corrected chi connectivity index (χ4v) is 4.48. The van der Waals surface area contributed by atoms with Crippen molar-refractivity contribution in [1.29, 1.82) is 0 Å². The van der Waals surface area contributed by atoms with E-state index < -0.39 is 11.8 Å². The van der Waals surface area contributed by atoms with E-state index in [1.54, 1.807) is 24.3 Å². The monoisotopic (exact) mass is 506 g/mol. The Morgan fingerprint density at radius 3 is 1.35 bits per heavy atom. The first-order chi connectivity index (χ1) is 16.4. The van der Waals surface area contributed by atoms with Crippen LogP contribution in [0.25, 0.3) is 0 Å². The van der Waals surface area contributed by atoms with Gasteiger partial charge < -0.3 is 31.3 Å². The average molecular weight is 507 g/mol. The Labute approximate surface area is 204 Å². The molecular weight excluding hydrogens is 480 g/mol. The molecule has 12 heteroatoms. The summed E-state index contributed by atoms with van der Waals surface area (Å²) in [7, 11) is 3.01. The highest BCUT2D eigenvalue weighted by atomic mass is 33.1. The van der Waals surface area contributed by atoms with Gasteiger partial charge in [-0.2, -0.15) is 0 Å². The summed E-state index contributed by atoms with van der Waals surface area (Å²) in [5.41, 5.74) is 1.40. The van der Waals surface area contributed by atoms with E-state index in [0.717, 1.165) is 11.1 Å². The Kier molecular flexibility index (Phi) is 11.6. The maximum atomic E-state index is 12.1. The molecule has 34 heavy (non-hydrogen) atoms. The Morgan fingerprint density at radius 1 is 0.676 bits per heavy atom. The maximum Gasteiger partial charge on any atom is 0.269 e. The van der Waals surface area contributed by atoms with Crippen LogP contribution in [0.15, 0.2) is 58.8 Å². The normalized spacial score (nSPS) is 11.8. The molecule has 0 bridgehead atoms. The Bertz CT molecular complexity index is 916. The summed E-state index contributed by atoms with van der Waals surface area (Å²) in [5.74, 6) is 0.483. The van der Waals surface area contributed by atoms with E-state index >= 15 is 0 Å². The van der Waals surface area contributed by atoms with E-state index in [1.165, 1.54) is 45.9 Å². The fourth-order valence-electron chi connectivity index (χ4n) is 2.67. The van der Waals surface area contributed by atoms with Gasteiger partial charge in [-0.1, -0.05) is 56.2 Å². The van der Waals surface area contributed by atoms with Gasteiger partial charge in [0.2, 0.25) is 0 Å². The second-order valence-electron chi connectivity index (χ2n) is 6.94. The van der Waals surface area contributed by atoms with Crippen molar-refractivity contribution in [3.8, 4) is 11.5 Å². The number of hydrogen-bond acceptors (Lipinski definition) is 10. The Morgan fingerprint density at radius 2 is 1.03 bits per heavy atom. The van der Waals surface area contributed by atoms with E-state index in [4.69, 9.17) is 10.4 Å². The molecule has 0 heterocycles. The molecule has 0 aliphatic heterocycles. The predicted octanol–water partition coefficient (Wildman–Crippen LogP) is 2.16. The number of hydrogen-bond donors (Lipinski definition) is 6. The van der Waals surface area contributed by atoms with E-state index in [1.807, 2.05) is 0 Å². The number of nitrogens with one attached hydrogen (secondary N) is 2. The third kappa shape index (κ3) is 9.63. The van der Waals surface area contributed by atoms with Gasteiger partial charge in [-0.3, -0.25) is 9.59 Å². The lowest BCUT2D eigenvalue weighted by molar-refractivity contribution is -0.115. The molecule has 0 aliphatic carbocycles. The van der Waals surface area contributed by atoms with Gasteiger partial charge in [0.1, 0.15) is 22.9 Å². The number of carbonyl (C=O) groups is 2. The number of aromatic hydroxyl groups is 2. The van der Waals surface area contributed by atoms with E-state index in [-0.39, 0.29) is 35.8 Å². The van der Waals surface area contributed by atoms with Crippen LogP contribution >= 0.6 is 21.6 Å². The second kappa shape index (κ2) is 14.7. The van der Waals surface area contributed by atoms with Crippen LogP contribution in [0.3, 0.4) is 0 Å². The van der Waals surface area contributed by atoms with Crippen LogP contribution in [0, 0.1) is 0 Å². The third-order valence-electron chi connectivity index (χ3n) is 4.41.